The molecule has 3 amide bonds. The molecule has 2 fully saturated rings. The number of rotatable bonds is 26. The number of amides is 3. The van der Waals surface area contributed by atoms with Crippen molar-refractivity contribution in [1.82, 2.24) is 65.6 Å². The van der Waals surface area contributed by atoms with Crippen molar-refractivity contribution in [2.45, 2.75) is 122 Å². The summed E-state index contributed by atoms with van der Waals surface area (Å²) >= 11 is 1.39. The number of thiazole rings is 1. The predicted molar refractivity (Wildman–Crippen MR) is 294 cm³/mol. The number of ketones is 1. The number of hydrogen-bond acceptors (Lipinski definition) is 16. The Labute approximate surface area is 458 Å². The Bertz CT molecular complexity index is 3120. The number of aromatic nitrogens is 9. The van der Waals surface area contributed by atoms with Crippen molar-refractivity contribution in [1.29, 1.82) is 0 Å². The van der Waals surface area contributed by atoms with Crippen molar-refractivity contribution in [3.63, 3.8) is 0 Å². The number of likely N-dealkylation sites (tertiary alicyclic amines) is 1. The molecule has 1 aliphatic heterocycles. The molecular weight excluding hydrogens is 1010 g/mol. The van der Waals surface area contributed by atoms with Gasteiger partial charge in [-0.1, -0.05) is 61.2 Å². The van der Waals surface area contributed by atoms with Gasteiger partial charge in [0.05, 0.1) is 31.4 Å². The lowest BCUT2D eigenvalue weighted by molar-refractivity contribution is -0.139. The lowest BCUT2D eigenvalue weighted by Crippen LogP contribution is -2.55. The molecule has 3 aromatic carbocycles. The van der Waals surface area contributed by atoms with Crippen LogP contribution < -0.4 is 30.7 Å². The van der Waals surface area contributed by atoms with Crippen molar-refractivity contribution in [2.75, 3.05) is 25.5 Å². The zero-order chi connectivity index (χ0) is 54.2. The number of anilines is 1. The van der Waals surface area contributed by atoms with Gasteiger partial charge in [0.15, 0.2) is 11.6 Å². The van der Waals surface area contributed by atoms with Gasteiger partial charge < -0.3 is 40.2 Å². The standard InChI is InChI=1S/C57H68N14O6S/c1-38(58-2)54(73)64-51(40-16-7-6-8-17-40)57(75)71-27-14-23-49(71)56-63-48(36-78-56)52(72)41-18-13-22-46(31-41)77-35-44-34-70(68-65-44)26-9-4-5-10-28-76-45-21-11-15-39(29-45)32-61-55(74)42-19-12-20-43(30-42)60-33-50-66-67-53(69(50)3)47-24-25-59-37-62-47/h11-13,15,18-22,24-25,29-31,34,36-38,40,49,51,58,60H,4-10,14,16-17,23,26-28,32-33,35H2,1-3H3,(H,61,74)(H,64,73)/t38-,49-,51-/m0/s1. The van der Waals surface area contributed by atoms with Gasteiger partial charge in [-0.15, -0.1) is 26.6 Å². The number of benzene rings is 3. The van der Waals surface area contributed by atoms with Crippen LogP contribution in [0.15, 0.2) is 103 Å². The molecular formula is C57H68N14O6S. The molecule has 1 saturated carbocycles. The van der Waals surface area contributed by atoms with E-state index >= 15 is 0 Å². The zero-order valence-corrected chi connectivity index (χ0v) is 45.3. The second kappa shape index (κ2) is 26.9. The van der Waals surface area contributed by atoms with Crippen molar-refractivity contribution in [3.8, 4) is 23.0 Å². The maximum absolute atomic E-state index is 14.2. The lowest BCUT2D eigenvalue weighted by Gasteiger charge is -2.35. The molecule has 7 aromatic rings. The smallest absolute Gasteiger partial charge is 0.251 e. The van der Waals surface area contributed by atoms with Crippen LogP contribution in [0.4, 0.5) is 5.69 Å². The van der Waals surface area contributed by atoms with Gasteiger partial charge in [0.25, 0.3) is 5.91 Å². The molecule has 0 spiro atoms. The first-order valence-corrected chi connectivity index (χ1v) is 27.9. The van der Waals surface area contributed by atoms with Crippen LogP contribution in [0, 0.1) is 5.92 Å². The Kier molecular flexibility index (Phi) is 18.9. The molecule has 1 aliphatic carbocycles. The van der Waals surface area contributed by atoms with Gasteiger partial charge in [0.1, 0.15) is 52.6 Å². The van der Waals surface area contributed by atoms with Crippen LogP contribution in [0.25, 0.3) is 11.5 Å². The number of hydrogen-bond donors (Lipinski definition) is 4. The molecule has 1 saturated heterocycles. The Morgan fingerprint density at radius 2 is 1.64 bits per heavy atom. The summed E-state index contributed by atoms with van der Waals surface area (Å²) in [6.45, 7) is 4.64. The number of carbonyl (C=O) groups excluding carboxylic acids is 4. The van der Waals surface area contributed by atoms with Gasteiger partial charge in [-0.25, -0.2) is 15.0 Å². The molecule has 21 heteroatoms. The third-order valence-electron chi connectivity index (χ3n) is 14.4. The monoisotopic (exact) mass is 1080 g/mol. The van der Waals surface area contributed by atoms with E-state index in [0.717, 1.165) is 105 Å². The summed E-state index contributed by atoms with van der Waals surface area (Å²) in [5.74, 6) is 2.09. The van der Waals surface area contributed by atoms with Gasteiger partial charge >= 0.3 is 0 Å². The lowest BCUT2D eigenvalue weighted by atomic mass is 9.83. The van der Waals surface area contributed by atoms with E-state index in [4.69, 9.17) is 14.5 Å². The van der Waals surface area contributed by atoms with E-state index in [9.17, 15) is 19.2 Å². The van der Waals surface area contributed by atoms with Crippen LogP contribution in [0.1, 0.15) is 132 Å². The molecule has 0 unspecified atom stereocenters. The highest BCUT2D eigenvalue weighted by molar-refractivity contribution is 7.10. The van der Waals surface area contributed by atoms with E-state index in [0.29, 0.717) is 66.0 Å². The van der Waals surface area contributed by atoms with Crippen LogP contribution in [-0.4, -0.2) is 105 Å². The minimum absolute atomic E-state index is 0.0604. The third kappa shape index (κ3) is 14.4. The molecule has 3 atom stereocenters. The molecule has 9 rings (SSSR count). The quantitative estimate of drug-likeness (QED) is 0.0301. The second-order valence-electron chi connectivity index (χ2n) is 19.9. The number of carbonyl (C=O) groups is 4. The Hall–Kier alpha value is -7.91. The van der Waals surface area contributed by atoms with E-state index in [-0.39, 0.29) is 42.1 Å². The summed E-state index contributed by atoms with van der Waals surface area (Å²) in [7, 11) is 3.62. The fourth-order valence-electron chi connectivity index (χ4n) is 9.88. The Morgan fingerprint density at radius 1 is 0.833 bits per heavy atom. The summed E-state index contributed by atoms with van der Waals surface area (Å²) in [4.78, 5) is 69.1. The molecule has 0 radical (unpaired) electrons. The number of aryl methyl sites for hydroxylation is 1. The summed E-state index contributed by atoms with van der Waals surface area (Å²) in [6, 6.07) is 22.7. The van der Waals surface area contributed by atoms with Crippen molar-refractivity contribution in [2.24, 2.45) is 13.0 Å². The molecule has 4 aromatic heterocycles. The fourth-order valence-corrected chi connectivity index (χ4v) is 10.8. The average molecular weight is 1080 g/mol. The molecule has 78 heavy (non-hydrogen) atoms. The SMILES string of the molecule is CN[C@@H](C)C(=O)N[C@H](C(=O)N1CCC[C@H]1c1nc(C(=O)c2cccc(OCc3cn(CCCCCCOc4cccc(CNC(=O)c5cccc(NCc6nnc(-c7ccncn7)n6C)c5)c4)nn3)c2)cs1)C1CCCCC1. The van der Waals surface area contributed by atoms with Gasteiger partial charge in [0.2, 0.25) is 17.6 Å². The largest absolute Gasteiger partial charge is 0.494 e. The van der Waals surface area contributed by atoms with Gasteiger partial charge in [-0.3, -0.25) is 23.9 Å². The summed E-state index contributed by atoms with van der Waals surface area (Å²) < 4.78 is 15.8. The molecule has 0 bridgehead atoms. The van der Waals surface area contributed by atoms with Crippen molar-refractivity contribution < 1.29 is 28.7 Å². The number of nitrogens with zero attached hydrogens (tertiary/aromatic N) is 10. The Morgan fingerprint density at radius 3 is 2.47 bits per heavy atom. The minimum atomic E-state index is -0.586. The first kappa shape index (κ1) is 54.9. The van der Waals surface area contributed by atoms with Gasteiger partial charge in [-0.05, 0) is 119 Å². The number of unbranched alkanes of at least 4 members (excludes halogenated alkanes) is 3. The average Bonchev–Trinajstić information content (AvgIpc) is 4.34. The van der Waals surface area contributed by atoms with E-state index in [1.54, 1.807) is 61.9 Å². The highest BCUT2D eigenvalue weighted by atomic mass is 32.1. The second-order valence-corrected chi connectivity index (χ2v) is 20.8. The summed E-state index contributed by atoms with van der Waals surface area (Å²) in [6.07, 6.45) is 15.5. The van der Waals surface area contributed by atoms with Crippen LogP contribution in [0.3, 0.4) is 0 Å². The van der Waals surface area contributed by atoms with E-state index in [2.05, 4.69) is 51.7 Å². The van der Waals surface area contributed by atoms with Crippen LogP contribution in [-0.2, 0) is 42.9 Å². The van der Waals surface area contributed by atoms with Gasteiger partial charge in [-0.2, -0.15) is 0 Å². The summed E-state index contributed by atoms with van der Waals surface area (Å²) in [5.41, 5.74) is 4.39. The first-order chi connectivity index (χ1) is 38.1. The molecule has 4 N–H and O–H groups in total. The van der Waals surface area contributed by atoms with Crippen molar-refractivity contribution in [3.05, 3.63) is 142 Å². The number of nitrogens with one attached hydrogen (secondary N) is 4. The maximum atomic E-state index is 14.2. The van der Waals surface area contributed by atoms with E-state index in [1.165, 1.54) is 17.7 Å². The van der Waals surface area contributed by atoms with Crippen molar-refractivity contribution >= 4 is 40.5 Å². The molecule has 2 aliphatic rings. The van der Waals surface area contributed by atoms with Gasteiger partial charge in [0, 0.05) is 55.1 Å². The predicted octanol–water partition coefficient (Wildman–Crippen LogP) is 7.65. The number of likely N-dealkylation sites (N-methyl/N-ethyl adjacent to an activating group) is 1. The zero-order valence-electron chi connectivity index (χ0n) is 44.5. The Balaban J connectivity index is 0.666. The minimum Gasteiger partial charge on any atom is -0.494 e. The molecule has 20 nitrogen and oxygen atoms in total. The van der Waals surface area contributed by atoms with E-state index < -0.39 is 12.1 Å². The number of ether oxygens (including phenoxy) is 2. The first-order valence-electron chi connectivity index (χ1n) is 27.0. The fraction of sp³-hybridized carbons (Fsp3) is 0.421. The highest BCUT2D eigenvalue weighted by Crippen LogP contribution is 2.37. The highest BCUT2D eigenvalue weighted by Gasteiger charge is 2.40. The normalized spacial score (nSPS) is 15.4. The molecule has 408 valence electrons. The maximum Gasteiger partial charge on any atom is 0.251 e. The topological polar surface area (TPSA) is 238 Å². The molecule has 5 heterocycles. The van der Waals surface area contributed by atoms with Crippen LogP contribution >= 0.6 is 11.3 Å². The third-order valence-corrected chi connectivity index (χ3v) is 15.4. The van der Waals surface area contributed by atoms with Crippen LogP contribution in [0.5, 0.6) is 11.5 Å². The van der Waals surface area contributed by atoms with Crippen LogP contribution in [0.2, 0.25) is 0 Å². The summed E-state index contributed by atoms with van der Waals surface area (Å²) in [5, 5.41) is 32.1. The van der Waals surface area contributed by atoms with E-state index in [1.807, 2.05) is 69.9 Å².